The maximum absolute atomic E-state index is 11.2. The molecule has 10 unspecified atom stereocenters. The monoisotopic (exact) mass is 736 g/mol. The van der Waals surface area contributed by atoms with Crippen LogP contribution in [0.25, 0.3) is 0 Å². The third kappa shape index (κ3) is 5.77. The summed E-state index contributed by atoms with van der Waals surface area (Å²) >= 11 is 0. The summed E-state index contributed by atoms with van der Waals surface area (Å²) in [5.74, 6) is 3.50. The number of rotatable bonds is 10. The number of aliphatic hydroxyl groups is 8. The number of fused-ring (bicyclic) bond motifs is 7. The first-order valence-electron chi connectivity index (χ1n) is 20.5. The first kappa shape index (κ1) is 41.0. The Morgan fingerprint density at radius 3 is 1.96 bits per heavy atom. The van der Waals surface area contributed by atoms with Crippen LogP contribution >= 0.6 is 0 Å². The number of hydrogen-bond acceptors (Lipinski definition) is 10. The van der Waals surface area contributed by atoms with Crippen LogP contribution in [0, 0.1) is 68.5 Å². The summed E-state index contributed by atoms with van der Waals surface area (Å²) < 4.78 is 5.48. The van der Waals surface area contributed by atoms with Gasteiger partial charge in [-0.25, -0.2) is 0 Å². The molecule has 6 aliphatic rings. The molecule has 52 heavy (non-hydrogen) atoms. The lowest BCUT2D eigenvalue weighted by molar-refractivity contribution is -0.206. The molecular weight excluding hydrogens is 662 g/mol. The van der Waals surface area contributed by atoms with Gasteiger partial charge in [0.25, 0.3) is 0 Å². The quantitative estimate of drug-likeness (QED) is 0.150. The lowest BCUT2D eigenvalue weighted by Crippen LogP contribution is -2.65. The highest BCUT2D eigenvalue weighted by Gasteiger charge is 2.69. The summed E-state index contributed by atoms with van der Waals surface area (Å²) in [6, 6.07) is -1.26. The molecule has 10 heteroatoms. The van der Waals surface area contributed by atoms with Crippen molar-refractivity contribution in [1.82, 2.24) is 0 Å². The van der Waals surface area contributed by atoms with E-state index < -0.39 is 67.6 Å². The van der Waals surface area contributed by atoms with Crippen molar-refractivity contribution in [3.8, 4) is 0 Å². The van der Waals surface area contributed by atoms with E-state index in [1.165, 1.54) is 32.1 Å². The van der Waals surface area contributed by atoms with Gasteiger partial charge < -0.3 is 51.3 Å². The average Bonchev–Trinajstić information content (AvgIpc) is 3.52. The summed E-state index contributed by atoms with van der Waals surface area (Å²) in [7, 11) is 0. The molecule has 300 valence electrons. The van der Waals surface area contributed by atoms with Gasteiger partial charge in [-0.3, -0.25) is 0 Å². The third-order valence-corrected chi connectivity index (χ3v) is 18.2. The Bertz CT molecular complexity index is 1330. The predicted molar refractivity (Wildman–Crippen MR) is 198 cm³/mol. The number of aliphatic hydroxyl groups excluding tert-OH is 7. The van der Waals surface area contributed by atoms with Crippen LogP contribution in [0.2, 0.25) is 0 Å². The van der Waals surface area contributed by atoms with E-state index in [1.54, 1.807) is 0 Å². The molecule has 0 bridgehead atoms. The van der Waals surface area contributed by atoms with E-state index in [0.29, 0.717) is 34.5 Å². The lowest BCUT2D eigenvalue weighted by atomic mass is 9.33. The molecule has 10 N–H and O–H groups in total. The minimum atomic E-state index is -2.26. The van der Waals surface area contributed by atoms with Crippen molar-refractivity contribution < 1.29 is 45.6 Å². The van der Waals surface area contributed by atoms with E-state index in [9.17, 15) is 40.9 Å². The molecule has 0 saturated heterocycles. The van der Waals surface area contributed by atoms with Crippen LogP contribution in [-0.4, -0.2) is 108 Å². The van der Waals surface area contributed by atoms with Crippen LogP contribution in [-0.2, 0) is 4.74 Å². The van der Waals surface area contributed by atoms with Crippen molar-refractivity contribution in [2.75, 3.05) is 13.2 Å². The highest BCUT2D eigenvalue weighted by Crippen LogP contribution is 2.77. The van der Waals surface area contributed by atoms with Gasteiger partial charge >= 0.3 is 0 Å². The molecule has 0 heterocycles. The standard InChI is InChI=1S/C42H73NO9/c1-22(19-26(45)32(47)33(48)27(46)20-52-36-31(43)34(49)35(50)42(36,51)21-44)24-12-16-38(5)25(24)13-17-40(7)29(38)9-10-30-39(6)15-11-23(2)37(3,4)28(39)14-18-41(30,40)8/h9-10,22-36,44-51H,11-21,43H2,1-8H3/t22?,23-,24+,25-,26?,27?,28-,29+,30+,31?,32?,33?,34?,35?,36?,38-,39-,40+,41+,42?/m0/s1. The van der Waals surface area contributed by atoms with Gasteiger partial charge in [0.05, 0.1) is 25.4 Å². The largest absolute Gasteiger partial charge is 0.393 e. The Morgan fingerprint density at radius 2 is 1.35 bits per heavy atom. The zero-order valence-corrected chi connectivity index (χ0v) is 33.2. The molecule has 6 rings (SSSR count). The first-order valence-corrected chi connectivity index (χ1v) is 20.5. The molecule has 0 radical (unpaired) electrons. The summed E-state index contributed by atoms with van der Waals surface area (Å²) in [5.41, 5.74) is 4.88. The number of hydrogen-bond donors (Lipinski definition) is 9. The number of allylic oxidation sites excluding steroid dienone is 2. The van der Waals surface area contributed by atoms with Crippen LogP contribution in [0.3, 0.4) is 0 Å². The Labute approximate surface area is 312 Å². The van der Waals surface area contributed by atoms with Gasteiger partial charge in [-0.1, -0.05) is 67.5 Å². The molecule has 20 atom stereocenters. The van der Waals surface area contributed by atoms with Gasteiger partial charge in [0.15, 0.2) is 0 Å². The molecule has 0 aromatic rings. The van der Waals surface area contributed by atoms with Crippen molar-refractivity contribution in [3.05, 3.63) is 12.2 Å². The van der Waals surface area contributed by atoms with Crippen molar-refractivity contribution in [2.24, 2.45) is 74.2 Å². The molecule has 5 fully saturated rings. The Hall–Kier alpha value is -0.660. The van der Waals surface area contributed by atoms with Gasteiger partial charge in [-0.05, 0) is 126 Å². The van der Waals surface area contributed by atoms with E-state index >= 15 is 0 Å². The highest BCUT2D eigenvalue weighted by molar-refractivity contribution is 5.27. The van der Waals surface area contributed by atoms with Gasteiger partial charge in [0.2, 0.25) is 0 Å². The fraction of sp³-hybridized carbons (Fsp3) is 0.952. The van der Waals surface area contributed by atoms with Crippen LogP contribution in [0.4, 0.5) is 0 Å². The Kier molecular flexibility index (Phi) is 10.9. The number of ether oxygens (including phenoxy) is 1. The summed E-state index contributed by atoms with van der Waals surface area (Å²) in [4.78, 5) is 0. The summed E-state index contributed by atoms with van der Waals surface area (Å²) in [6.07, 6.45) is 4.21. The molecule has 6 aliphatic carbocycles. The van der Waals surface area contributed by atoms with Gasteiger partial charge in [-0.15, -0.1) is 0 Å². The van der Waals surface area contributed by atoms with Crippen LogP contribution in [0.15, 0.2) is 12.2 Å². The minimum Gasteiger partial charge on any atom is -0.393 e. The van der Waals surface area contributed by atoms with Gasteiger partial charge in [-0.2, -0.15) is 0 Å². The smallest absolute Gasteiger partial charge is 0.144 e. The van der Waals surface area contributed by atoms with Gasteiger partial charge in [0, 0.05) is 0 Å². The molecule has 0 aromatic carbocycles. The molecule has 10 nitrogen and oxygen atoms in total. The molecule has 5 saturated carbocycles. The maximum atomic E-state index is 11.2. The van der Waals surface area contributed by atoms with Crippen LogP contribution < -0.4 is 5.73 Å². The Morgan fingerprint density at radius 1 is 0.788 bits per heavy atom. The molecular formula is C42H73NO9. The van der Waals surface area contributed by atoms with Crippen molar-refractivity contribution >= 4 is 0 Å². The van der Waals surface area contributed by atoms with E-state index in [0.717, 1.165) is 31.1 Å². The third-order valence-electron chi connectivity index (χ3n) is 18.2. The zero-order chi connectivity index (χ0) is 38.6. The predicted octanol–water partition coefficient (Wildman–Crippen LogP) is 3.14. The first-order chi connectivity index (χ1) is 24.1. The SMILES string of the molecule is CC(CC(O)C(O)C(O)C(O)COC1C(N)C(O)C(O)C1(O)CO)[C@H]1CC[C@]2(C)[C@H]3C=C[C@@H]4[C@@]5(C)CC[C@H](C)C(C)(C)[C@@H]5CC[C@@]4(C)[C@]3(C)CC[C@@H]12. The molecule has 0 spiro atoms. The summed E-state index contributed by atoms with van der Waals surface area (Å²) in [6.45, 7) is 18.5. The molecule has 0 aromatic heterocycles. The van der Waals surface area contributed by atoms with Gasteiger partial charge in [0.1, 0.15) is 42.2 Å². The second-order valence-electron chi connectivity index (χ2n) is 20.6. The van der Waals surface area contributed by atoms with E-state index in [-0.39, 0.29) is 28.6 Å². The second-order valence-corrected chi connectivity index (χ2v) is 20.6. The van der Waals surface area contributed by atoms with E-state index in [2.05, 4.69) is 67.5 Å². The van der Waals surface area contributed by atoms with Crippen LogP contribution in [0.5, 0.6) is 0 Å². The topological polar surface area (TPSA) is 197 Å². The second kappa shape index (κ2) is 13.8. The zero-order valence-electron chi connectivity index (χ0n) is 33.2. The van der Waals surface area contributed by atoms with Crippen molar-refractivity contribution in [1.29, 1.82) is 0 Å². The normalized spacial score (nSPS) is 52.5. The average molecular weight is 736 g/mol. The van der Waals surface area contributed by atoms with Crippen molar-refractivity contribution in [2.45, 2.75) is 168 Å². The Balaban J connectivity index is 1.11. The highest BCUT2D eigenvalue weighted by atomic mass is 16.5. The number of nitrogens with two attached hydrogens (primary N) is 1. The summed E-state index contributed by atoms with van der Waals surface area (Å²) in [5, 5.41) is 84.2. The molecule has 0 amide bonds. The fourth-order valence-corrected chi connectivity index (χ4v) is 14.4. The van der Waals surface area contributed by atoms with E-state index in [4.69, 9.17) is 10.5 Å². The van der Waals surface area contributed by atoms with Crippen LogP contribution in [0.1, 0.15) is 113 Å². The lowest BCUT2D eigenvalue weighted by Gasteiger charge is -2.71. The molecule has 0 aliphatic heterocycles. The minimum absolute atomic E-state index is 0.0807. The maximum Gasteiger partial charge on any atom is 0.144 e. The van der Waals surface area contributed by atoms with E-state index in [1.807, 2.05) is 0 Å². The fourth-order valence-electron chi connectivity index (χ4n) is 14.4. The van der Waals surface area contributed by atoms with Crippen molar-refractivity contribution in [3.63, 3.8) is 0 Å².